The normalized spacial score (nSPS) is 20.9. The third kappa shape index (κ3) is 5.37. The molecule has 2 aliphatic rings. The smallest absolute Gasteiger partial charge is 0.325 e. The van der Waals surface area contributed by atoms with E-state index >= 15 is 0 Å². The Balaban J connectivity index is 1.58. The molecule has 0 unspecified atom stereocenters. The van der Waals surface area contributed by atoms with Crippen LogP contribution in [0.2, 0.25) is 0 Å². The van der Waals surface area contributed by atoms with Gasteiger partial charge in [0.05, 0.1) is 5.92 Å². The number of anilines is 2. The van der Waals surface area contributed by atoms with Crippen LogP contribution in [0, 0.1) is 11.8 Å². The number of benzene rings is 1. The number of hydrogen-bond acceptors (Lipinski definition) is 5. The number of para-hydroxylation sites is 1. The van der Waals surface area contributed by atoms with Gasteiger partial charge in [-0.1, -0.05) is 44.4 Å². The first-order chi connectivity index (χ1) is 17.4. The molecule has 1 aliphatic heterocycles. The van der Waals surface area contributed by atoms with Crippen LogP contribution in [0.4, 0.5) is 16.3 Å². The highest BCUT2D eigenvalue weighted by molar-refractivity contribution is 6.12. The number of carbonyl (C=O) groups excluding carboxylic acids is 3. The number of amides is 4. The highest BCUT2D eigenvalue weighted by atomic mass is 16.2. The Bertz CT molecular complexity index is 1070. The molecule has 1 saturated carbocycles. The Morgan fingerprint density at radius 1 is 1.14 bits per heavy atom. The Morgan fingerprint density at radius 3 is 2.50 bits per heavy atom. The molecular formula is C28H37N5O3. The lowest BCUT2D eigenvalue weighted by Crippen LogP contribution is -2.71. The molecule has 1 aromatic heterocycles. The number of pyridine rings is 1. The topological polar surface area (TPSA) is 109 Å². The number of nitrogens with zero attached hydrogens (tertiary/aromatic N) is 3. The van der Waals surface area contributed by atoms with Gasteiger partial charge in [0.2, 0.25) is 5.91 Å². The van der Waals surface area contributed by atoms with E-state index < -0.39 is 18.0 Å². The van der Waals surface area contributed by atoms with Crippen molar-refractivity contribution in [2.24, 2.45) is 11.8 Å². The van der Waals surface area contributed by atoms with E-state index in [2.05, 4.69) is 17.2 Å². The number of nitrogens with one attached hydrogen (secondary N) is 1. The molecular weight excluding hydrogens is 454 g/mol. The maximum atomic E-state index is 13.9. The molecule has 0 spiro atoms. The van der Waals surface area contributed by atoms with Crippen molar-refractivity contribution in [1.29, 1.82) is 0 Å². The molecule has 0 radical (unpaired) electrons. The predicted octanol–water partition coefficient (Wildman–Crippen LogP) is 4.15. The summed E-state index contributed by atoms with van der Waals surface area (Å²) in [5.41, 5.74) is 7.40. The summed E-state index contributed by atoms with van der Waals surface area (Å²) < 4.78 is 0. The van der Waals surface area contributed by atoms with Crippen molar-refractivity contribution in [2.45, 2.75) is 70.9 Å². The van der Waals surface area contributed by atoms with Crippen molar-refractivity contribution in [2.75, 3.05) is 17.2 Å². The number of carbonyl (C=O) groups is 3. The molecule has 0 bridgehead atoms. The lowest BCUT2D eigenvalue weighted by molar-refractivity contribution is -0.156. The first-order valence-electron chi connectivity index (χ1n) is 13.1. The maximum absolute atomic E-state index is 13.9. The molecule has 2 fully saturated rings. The Labute approximate surface area is 213 Å². The average molecular weight is 492 g/mol. The molecule has 3 atom stereocenters. The molecule has 4 amide bonds. The summed E-state index contributed by atoms with van der Waals surface area (Å²) in [5.74, 6) is -0.461. The molecule has 36 heavy (non-hydrogen) atoms. The Kier molecular flexibility index (Phi) is 8.23. The standard InChI is InChI=1S/C28H37N5O3/c1-3-23(20-11-7-5-8-12-20)31-28(36)33-25(27(35)32(4-2)21-13-9-6-10-14-21)22(26(33)34)17-19-15-16-30-24(29)18-19/h6,9-10,13-16,18,20,22-23,25H,3-5,7-8,11-12,17H2,1-2H3,(H2,29,30)(H,31,36)/t22-,23-,25+/m1/s1. The first-order valence-corrected chi connectivity index (χ1v) is 13.1. The number of rotatable bonds is 8. The fraction of sp³-hybridized carbons (Fsp3) is 0.500. The van der Waals surface area contributed by atoms with Crippen molar-refractivity contribution in [3.63, 3.8) is 0 Å². The molecule has 3 N–H and O–H groups in total. The lowest BCUT2D eigenvalue weighted by Gasteiger charge is -2.46. The van der Waals surface area contributed by atoms with Gasteiger partial charge in [-0.3, -0.25) is 14.5 Å². The number of likely N-dealkylation sites (N-methyl/N-ethyl adjacent to an activating group) is 1. The van der Waals surface area contributed by atoms with Crippen LogP contribution in [-0.4, -0.2) is 46.4 Å². The van der Waals surface area contributed by atoms with Gasteiger partial charge in [-0.2, -0.15) is 0 Å². The van der Waals surface area contributed by atoms with E-state index in [1.165, 1.54) is 19.3 Å². The van der Waals surface area contributed by atoms with Gasteiger partial charge >= 0.3 is 6.03 Å². The average Bonchev–Trinajstić information content (AvgIpc) is 2.90. The van der Waals surface area contributed by atoms with Crippen molar-refractivity contribution in [3.8, 4) is 0 Å². The largest absolute Gasteiger partial charge is 0.384 e. The van der Waals surface area contributed by atoms with Gasteiger partial charge in [0.25, 0.3) is 5.91 Å². The predicted molar refractivity (Wildman–Crippen MR) is 140 cm³/mol. The van der Waals surface area contributed by atoms with Crippen LogP contribution in [0.25, 0.3) is 0 Å². The zero-order valence-electron chi connectivity index (χ0n) is 21.2. The summed E-state index contributed by atoms with van der Waals surface area (Å²) in [6.07, 6.45) is 8.43. The summed E-state index contributed by atoms with van der Waals surface area (Å²) >= 11 is 0. The van der Waals surface area contributed by atoms with Crippen LogP contribution in [-0.2, 0) is 16.0 Å². The van der Waals surface area contributed by atoms with Gasteiger partial charge in [0, 0.05) is 24.5 Å². The minimum Gasteiger partial charge on any atom is -0.384 e. The van der Waals surface area contributed by atoms with Crippen LogP contribution in [0.15, 0.2) is 48.7 Å². The van der Waals surface area contributed by atoms with Gasteiger partial charge in [-0.15, -0.1) is 0 Å². The fourth-order valence-corrected chi connectivity index (χ4v) is 5.68. The van der Waals surface area contributed by atoms with Crippen LogP contribution < -0.4 is 16.0 Å². The van der Waals surface area contributed by atoms with E-state index in [0.717, 1.165) is 35.4 Å². The summed E-state index contributed by atoms with van der Waals surface area (Å²) in [6.45, 7) is 4.38. The summed E-state index contributed by atoms with van der Waals surface area (Å²) in [5, 5.41) is 3.11. The molecule has 192 valence electrons. The molecule has 2 heterocycles. The molecule has 1 saturated heterocycles. The quantitative estimate of drug-likeness (QED) is 0.539. The number of imide groups is 1. The molecule has 1 aromatic carbocycles. The molecule has 4 rings (SSSR count). The molecule has 8 heteroatoms. The monoisotopic (exact) mass is 491 g/mol. The highest BCUT2D eigenvalue weighted by Gasteiger charge is 2.55. The van der Waals surface area contributed by atoms with E-state index in [1.54, 1.807) is 23.2 Å². The fourth-order valence-electron chi connectivity index (χ4n) is 5.68. The third-order valence-corrected chi connectivity index (χ3v) is 7.60. The van der Waals surface area contributed by atoms with Crippen molar-refractivity contribution < 1.29 is 14.4 Å². The second kappa shape index (κ2) is 11.5. The first kappa shape index (κ1) is 25.7. The number of nitrogen functional groups attached to an aromatic ring is 1. The van der Waals surface area contributed by atoms with Gasteiger partial charge < -0.3 is 16.0 Å². The number of aromatic nitrogens is 1. The Morgan fingerprint density at radius 2 is 1.86 bits per heavy atom. The van der Waals surface area contributed by atoms with Crippen molar-refractivity contribution >= 4 is 29.4 Å². The number of hydrogen-bond donors (Lipinski definition) is 2. The number of nitrogens with two attached hydrogens (primary N) is 1. The summed E-state index contributed by atoms with van der Waals surface area (Å²) in [4.78, 5) is 47.5. The van der Waals surface area contributed by atoms with Gasteiger partial charge in [-0.05, 0) is 68.4 Å². The van der Waals surface area contributed by atoms with E-state index in [-0.39, 0.29) is 17.9 Å². The molecule has 2 aromatic rings. The minimum atomic E-state index is -0.879. The maximum Gasteiger partial charge on any atom is 0.325 e. The Hall–Kier alpha value is -3.42. The zero-order valence-corrected chi connectivity index (χ0v) is 21.2. The second-order valence-corrected chi connectivity index (χ2v) is 9.83. The van der Waals surface area contributed by atoms with E-state index in [0.29, 0.717) is 24.7 Å². The van der Waals surface area contributed by atoms with E-state index in [4.69, 9.17) is 5.73 Å². The molecule has 8 nitrogen and oxygen atoms in total. The number of likely N-dealkylation sites (tertiary alicyclic amines) is 1. The molecule has 1 aliphatic carbocycles. The lowest BCUT2D eigenvalue weighted by atomic mass is 9.81. The summed E-state index contributed by atoms with van der Waals surface area (Å²) in [7, 11) is 0. The van der Waals surface area contributed by atoms with Crippen LogP contribution >= 0.6 is 0 Å². The summed E-state index contributed by atoms with van der Waals surface area (Å²) in [6, 6.07) is 11.5. The highest BCUT2D eigenvalue weighted by Crippen LogP contribution is 2.34. The van der Waals surface area contributed by atoms with Crippen LogP contribution in [0.1, 0.15) is 57.9 Å². The number of urea groups is 1. The van der Waals surface area contributed by atoms with Gasteiger partial charge in [0.1, 0.15) is 11.9 Å². The third-order valence-electron chi connectivity index (χ3n) is 7.60. The van der Waals surface area contributed by atoms with E-state index in [9.17, 15) is 14.4 Å². The van der Waals surface area contributed by atoms with Crippen LogP contribution in [0.5, 0.6) is 0 Å². The zero-order chi connectivity index (χ0) is 25.7. The number of β-lactam (4-membered cyclic amide) rings is 1. The van der Waals surface area contributed by atoms with E-state index in [1.807, 2.05) is 37.3 Å². The van der Waals surface area contributed by atoms with Crippen molar-refractivity contribution in [1.82, 2.24) is 15.2 Å². The second-order valence-electron chi connectivity index (χ2n) is 9.83. The van der Waals surface area contributed by atoms with Crippen LogP contribution in [0.3, 0.4) is 0 Å². The van der Waals surface area contributed by atoms with Gasteiger partial charge in [0.15, 0.2) is 0 Å². The van der Waals surface area contributed by atoms with Gasteiger partial charge in [-0.25, -0.2) is 9.78 Å². The SMILES string of the molecule is CC[C@@H](NC(=O)N1C(=O)[C@H](Cc2ccnc(N)c2)[C@H]1C(=O)N(CC)c1ccccc1)C1CCCCC1. The van der Waals surface area contributed by atoms with Crippen molar-refractivity contribution in [3.05, 3.63) is 54.2 Å². The minimum absolute atomic E-state index is 0.00296.